The molecule has 6 heteroatoms. The predicted octanol–water partition coefficient (Wildman–Crippen LogP) is 24.2. The third-order valence-electron chi connectivity index (χ3n) is 16.2. The molecule has 0 heterocycles. The molecule has 0 rings (SSSR count). The molecule has 1 atom stereocenters. The van der Waals surface area contributed by atoms with E-state index in [1.54, 1.807) is 0 Å². The Labute approximate surface area is 487 Å². The third-order valence-corrected chi connectivity index (χ3v) is 16.2. The van der Waals surface area contributed by atoms with Crippen molar-refractivity contribution in [1.29, 1.82) is 0 Å². The van der Waals surface area contributed by atoms with Crippen LogP contribution in [0.4, 0.5) is 0 Å². The predicted molar refractivity (Wildman–Crippen MR) is 340 cm³/mol. The van der Waals surface area contributed by atoms with Crippen LogP contribution in [0.3, 0.4) is 0 Å². The molecule has 0 aromatic carbocycles. The molecule has 6 nitrogen and oxygen atoms in total. The molecule has 0 aliphatic rings. The molecule has 0 fully saturated rings. The zero-order valence-corrected chi connectivity index (χ0v) is 53.0. The highest BCUT2D eigenvalue weighted by atomic mass is 16.6. The number of hydrogen-bond donors (Lipinski definition) is 0. The summed E-state index contributed by atoms with van der Waals surface area (Å²) in [6.45, 7) is 6.71. The minimum absolute atomic E-state index is 0.0643. The zero-order chi connectivity index (χ0) is 56.4. The number of carbonyl (C=O) groups is 3. The minimum Gasteiger partial charge on any atom is -0.462 e. The van der Waals surface area contributed by atoms with E-state index in [1.807, 2.05) is 0 Å². The lowest BCUT2D eigenvalue weighted by Crippen LogP contribution is -2.30. The third kappa shape index (κ3) is 64.7. The van der Waals surface area contributed by atoms with Crippen LogP contribution in [0.25, 0.3) is 0 Å². The van der Waals surface area contributed by atoms with Crippen LogP contribution >= 0.6 is 0 Å². The lowest BCUT2D eigenvalue weighted by molar-refractivity contribution is -0.167. The van der Waals surface area contributed by atoms with Crippen LogP contribution in [-0.2, 0) is 28.6 Å². The molecule has 0 amide bonds. The van der Waals surface area contributed by atoms with E-state index in [4.69, 9.17) is 14.2 Å². The Hall–Kier alpha value is -2.11. The number of esters is 3. The molecule has 460 valence electrons. The van der Waals surface area contributed by atoms with Crippen molar-refractivity contribution >= 4 is 17.9 Å². The maximum Gasteiger partial charge on any atom is 0.306 e. The number of carbonyl (C=O) groups excluding carboxylic acids is 3. The second kappa shape index (κ2) is 67.4. The van der Waals surface area contributed by atoms with Crippen molar-refractivity contribution in [2.24, 2.45) is 0 Å². The molecule has 0 bridgehead atoms. The number of unbranched alkanes of at least 4 members (excludes halogenated alkanes) is 51. The van der Waals surface area contributed by atoms with Gasteiger partial charge in [0, 0.05) is 19.3 Å². The number of allylic oxidation sites excluding steroid dienone is 4. The van der Waals surface area contributed by atoms with Crippen molar-refractivity contribution in [1.82, 2.24) is 0 Å². The molecule has 0 saturated heterocycles. The van der Waals surface area contributed by atoms with Gasteiger partial charge < -0.3 is 14.2 Å². The number of ether oxygens (including phenoxy) is 3. The first kappa shape index (κ1) is 75.9. The summed E-state index contributed by atoms with van der Waals surface area (Å²) in [6, 6.07) is 0. The summed E-state index contributed by atoms with van der Waals surface area (Å²) < 4.78 is 17.0. The molecule has 0 spiro atoms. The molecule has 0 radical (unpaired) electrons. The summed E-state index contributed by atoms with van der Waals surface area (Å²) in [5.74, 6) is -0.833. The van der Waals surface area contributed by atoms with Crippen molar-refractivity contribution < 1.29 is 28.6 Å². The maximum absolute atomic E-state index is 12.9. The van der Waals surface area contributed by atoms with Crippen LogP contribution in [0, 0.1) is 0 Å². The van der Waals surface area contributed by atoms with Gasteiger partial charge in [0.05, 0.1) is 0 Å². The molecular formula is C72H136O6. The monoisotopic (exact) mass is 1100 g/mol. The minimum atomic E-state index is -0.767. The fourth-order valence-electron chi connectivity index (χ4n) is 10.9. The molecule has 0 aromatic heterocycles. The van der Waals surface area contributed by atoms with Crippen molar-refractivity contribution in [3.63, 3.8) is 0 Å². The van der Waals surface area contributed by atoms with E-state index in [0.717, 1.165) is 64.2 Å². The first-order chi connectivity index (χ1) is 38.5. The normalized spacial score (nSPS) is 12.1. The average Bonchev–Trinajstić information content (AvgIpc) is 3.44. The first-order valence-electron chi connectivity index (χ1n) is 35.3. The van der Waals surface area contributed by atoms with Gasteiger partial charge in [0.15, 0.2) is 6.10 Å². The van der Waals surface area contributed by atoms with E-state index in [9.17, 15) is 14.4 Å². The molecule has 0 N–H and O–H groups in total. The Balaban J connectivity index is 4.20. The molecule has 0 aliphatic heterocycles. The van der Waals surface area contributed by atoms with Gasteiger partial charge in [0.2, 0.25) is 0 Å². The average molecular weight is 1100 g/mol. The van der Waals surface area contributed by atoms with Gasteiger partial charge in [-0.15, -0.1) is 0 Å². The fourth-order valence-corrected chi connectivity index (χ4v) is 10.9. The second-order valence-electron chi connectivity index (χ2n) is 24.2. The maximum atomic E-state index is 12.9. The van der Waals surface area contributed by atoms with Crippen LogP contribution < -0.4 is 0 Å². The van der Waals surface area contributed by atoms with Gasteiger partial charge in [-0.05, 0) is 51.4 Å². The Morgan fingerprint density at radius 2 is 0.462 bits per heavy atom. The topological polar surface area (TPSA) is 78.9 Å². The van der Waals surface area contributed by atoms with Crippen molar-refractivity contribution in [2.75, 3.05) is 13.2 Å². The molecule has 0 saturated carbocycles. The highest BCUT2D eigenvalue weighted by Crippen LogP contribution is 2.19. The van der Waals surface area contributed by atoms with Crippen molar-refractivity contribution in [3.05, 3.63) is 24.3 Å². The van der Waals surface area contributed by atoms with Gasteiger partial charge in [-0.2, -0.15) is 0 Å². The van der Waals surface area contributed by atoms with E-state index < -0.39 is 6.10 Å². The number of hydrogen-bond acceptors (Lipinski definition) is 6. The number of rotatable bonds is 66. The Morgan fingerprint density at radius 1 is 0.256 bits per heavy atom. The summed E-state index contributed by atoms with van der Waals surface area (Å²) in [5, 5.41) is 0. The van der Waals surface area contributed by atoms with Crippen molar-refractivity contribution in [3.8, 4) is 0 Å². The lowest BCUT2D eigenvalue weighted by atomic mass is 10.0. The smallest absolute Gasteiger partial charge is 0.306 e. The van der Waals surface area contributed by atoms with Crippen LogP contribution in [0.1, 0.15) is 400 Å². The van der Waals surface area contributed by atoms with E-state index in [2.05, 4.69) is 45.1 Å². The standard InChI is InChI=1S/C72H136O6/c1-4-7-10-13-16-19-22-25-27-29-31-33-35-36-38-39-41-43-45-47-50-53-56-59-62-65-71(74)77-68-69(67-76-70(73)64-61-58-55-52-49-24-21-18-15-12-9-6-3)78-72(75)66-63-60-57-54-51-48-46-44-42-40-37-34-32-30-28-26-23-20-17-14-11-8-5-2/h22,25,29,31,69H,4-21,23-24,26-28,30,32-68H2,1-3H3/b25-22-,31-29-. The molecule has 0 aromatic rings. The van der Waals surface area contributed by atoms with Gasteiger partial charge in [-0.1, -0.05) is 353 Å². The van der Waals surface area contributed by atoms with Crippen LogP contribution in [0.15, 0.2) is 24.3 Å². The van der Waals surface area contributed by atoms with E-state index in [0.29, 0.717) is 19.3 Å². The van der Waals surface area contributed by atoms with Crippen molar-refractivity contribution in [2.45, 2.75) is 406 Å². The highest BCUT2D eigenvalue weighted by molar-refractivity contribution is 5.71. The van der Waals surface area contributed by atoms with E-state index >= 15 is 0 Å². The second-order valence-corrected chi connectivity index (χ2v) is 24.2. The molecule has 0 aliphatic carbocycles. The summed E-state index contributed by atoms with van der Waals surface area (Å²) in [6.07, 6.45) is 82.1. The molecule has 78 heavy (non-hydrogen) atoms. The zero-order valence-electron chi connectivity index (χ0n) is 53.0. The van der Waals surface area contributed by atoms with Gasteiger partial charge in [-0.3, -0.25) is 14.4 Å². The van der Waals surface area contributed by atoms with Gasteiger partial charge in [-0.25, -0.2) is 0 Å². The van der Waals surface area contributed by atoms with E-state index in [1.165, 1.54) is 295 Å². The van der Waals surface area contributed by atoms with Crippen LogP contribution in [-0.4, -0.2) is 37.2 Å². The lowest BCUT2D eigenvalue weighted by Gasteiger charge is -2.18. The summed E-state index contributed by atoms with van der Waals surface area (Å²) in [4.78, 5) is 38.4. The van der Waals surface area contributed by atoms with E-state index in [-0.39, 0.29) is 31.1 Å². The highest BCUT2D eigenvalue weighted by Gasteiger charge is 2.19. The van der Waals surface area contributed by atoms with Crippen LogP contribution in [0.5, 0.6) is 0 Å². The van der Waals surface area contributed by atoms with Crippen LogP contribution in [0.2, 0.25) is 0 Å². The summed E-state index contributed by atoms with van der Waals surface area (Å²) >= 11 is 0. The van der Waals surface area contributed by atoms with Gasteiger partial charge >= 0.3 is 17.9 Å². The van der Waals surface area contributed by atoms with Gasteiger partial charge in [0.1, 0.15) is 13.2 Å². The van der Waals surface area contributed by atoms with Gasteiger partial charge in [0.25, 0.3) is 0 Å². The Kier molecular flexibility index (Phi) is 65.6. The summed E-state index contributed by atoms with van der Waals surface area (Å²) in [5.41, 5.74) is 0. The quantitative estimate of drug-likeness (QED) is 0.0261. The molecular weight excluding hydrogens is 961 g/mol. The fraction of sp³-hybridized carbons (Fsp3) is 0.903. The largest absolute Gasteiger partial charge is 0.462 e. The summed E-state index contributed by atoms with van der Waals surface area (Å²) in [7, 11) is 0. The molecule has 1 unspecified atom stereocenters. The Morgan fingerprint density at radius 3 is 0.705 bits per heavy atom. The first-order valence-corrected chi connectivity index (χ1v) is 35.3. The SMILES string of the molecule is CCCCCCC/C=C\C/C=C\CCCCCCCCCCCCCCCC(=O)OCC(COC(=O)CCCCCCCCCCCCCC)OC(=O)CCCCCCCCCCCCCCCCCCCCCCCCC. The Bertz CT molecular complexity index is 1260.